The van der Waals surface area contributed by atoms with Crippen LogP contribution in [0.1, 0.15) is 10.5 Å². The molecule has 0 unspecified atom stereocenters. The number of esters is 1. The van der Waals surface area contributed by atoms with Crippen molar-refractivity contribution in [2.75, 3.05) is 7.11 Å². The van der Waals surface area contributed by atoms with Gasteiger partial charge >= 0.3 is 5.97 Å². The van der Waals surface area contributed by atoms with Crippen molar-refractivity contribution in [2.24, 2.45) is 7.05 Å². The van der Waals surface area contributed by atoms with E-state index in [-0.39, 0.29) is 5.82 Å². The molecular weight excluding hydrogens is 328 g/mol. The topological polar surface area (TPSA) is 81.4 Å². The third-order valence-electron chi connectivity index (χ3n) is 2.76. The van der Waals surface area contributed by atoms with E-state index >= 15 is 0 Å². The lowest BCUT2D eigenvalue weighted by molar-refractivity contribution is 0.0589. The SMILES string of the molecule is COC(=O)c1nc(-c2ccccc2Br)n(C)c(=O)c1O. The fourth-order valence-corrected chi connectivity index (χ4v) is 2.17. The van der Waals surface area contributed by atoms with Crippen molar-refractivity contribution in [3.8, 4) is 17.1 Å². The van der Waals surface area contributed by atoms with Crippen LogP contribution < -0.4 is 5.56 Å². The molecule has 0 aliphatic carbocycles. The molecule has 0 fully saturated rings. The molecule has 0 aliphatic rings. The van der Waals surface area contributed by atoms with E-state index in [0.29, 0.717) is 10.0 Å². The number of rotatable bonds is 2. The Bertz CT molecular complexity index is 740. The Kier molecular flexibility index (Phi) is 3.89. The molecule has 20 heavy (non-hydrogen) atoms. The summed E-state index contributed by atoms with van der Waals surface area (Å²) >= 11 is 3.35. The first kappa shape index (κ1) is 14.3. The van der Waals surface area contributed by atoms with Crippen molar-refractivity contribution < 1.29 is 14.6 Å². The summed E-state index contributed by atoms with van der Waals surface area (Å²) in [6.07, 6.45) is 0. The summed E-state index contributed by atoms with van der Waals surface area (Å²) in [6.45, 7) is 0. The third kappa shape index (κ3) is 2.32. The Labute approximate surface area is 122 Å². The van der Waals surface area contributed by atoms with E-state index in [1.807, 2.05) is 6.07 Å². The van der Waals surface area contributed by atoms with Gasteiger partial charge in [0.2, 0.25) is 5.75 Å². The van der Waals surface area contributed by atoms with Crippen molar-refractivity contribution in [3.63, 3.8) is 0 Å². The lowest BCUT2D eigenvalue weighted by atomic mass is 10.2. The lowest BCUT2D eigenvalue weighted by Crippen LogP contribution is -2.23. The number of benzene rings is 1. The molecule has 1 heterocycles. The number of carbonyl (C=O) groups is 1. The minimum absolute atomic E-state index is 0.251. The van der Waals surface area contributed by atoms with Crippen molar-refractivity contribution in [2.45, 2.75) is 0 Å². The zero-order chi connectivity index (χ0) is 14.9. The molecule has 2 aromatic rings. The molecule has 0 radical (unpaired) electrons. The molecule has 1 aromatic carbocycles. The Hall–Kier alpha value is -2.15. The van der Waals surface area contributed by atoms with E-state index in [0.717, 1.165) is 7.11 Å². The minimum Gasteiger partial charge on any atom is -0.501 e. The van der Waals surface area contributed by atoms with Gasteiger partial charge in [0, 0.05) is 17.1 Å². The van der Waals surface area contributed by atoms with Gasteiger partial charge in [-0.25, -0.2) is 9.78 Å². The van der Waals surface area contributed by atoms with Gasteiger partial charge in [-0.3, -0.25) is 9.36 Å². The van der Waals surface area contributed by atoms with Gasteiger partial charge in [-0.2, -0.15) is 0 Å². The number of ether oxygens (including phenoxy) is 1. The summed E-state index contributed by atoms with van der Waals surface area (Å²) < 4.78 is 6.39. The largest absolute Gasteiger partial charge is 0.501 e. The second kappa shape index (κ2) is 5.46. The van der Waals surface area contributed by atoms with Crippen LogP contribution in [0.2, 0.25) is 0 Å². The van der Waals surface area contributed by atoms with Crippen molar-refractivity contribution in [1.29, 1.82) is 0 Å². The smallest absolute Gasteiger partial charge is 0.360 e. The highest BCUT2D eigenvalue weighted by atomic mass is 79.9. The molecule has 2 rings (SSSR count). The molecule has 0 spiro atoms. The fourth-order valence-electron chi connectivity index (χ4n) is 1.71. The highest BCUT2D eigenvalue weighted by molar-refractivity contribution is 9.10. The molecule has 0 bridgehead atoms. The highest BCUT2D eigenvalue weighted by Gasteiger charge is 2.21. The molecule has 0 saturated heterocycles. The minimum atomic E-state index is -0.867. The summed E-state index contributed by atoms with van der Waals surface area (Å²) in [5.74, 6) is -1.34. The number of nitrogens with zero attached hydrogens (tertiary/aromatic N) is 2. The second-order valence-corrected chi connectivity index (χ2v) is 4.82. The van der Waals surface area contributed by atoms with E-state index in [2.05, 4.69) is 25.7 Å². The standard InChI is InChI=1S/C13H11BrN2O4/c1-16-11(7-5-3-4-6-8(7)14)15-9(13(19)20-2)10(17)12(16)18/h3-6,17H,1-2H3. The molecule has 1 aromatic heterocycles. The molecule has 0 saturated carbocycles. The summed E-state index contributed by atoms with van der Waals surface area (Å²) in [5.41, 5.74) is -0.496. The van der Waals surface area contributed by atoms with Crippen LogP contribution in [0.5, 0.6) is 5.75 Å². The van der Waals surface area contributed by atoms with Gasteiger partial charge in [0.15, 0.2) is 5.69 Å². The Morgan fingerprint density at radius 1 is 1.40 bits per heavy atom. The van der Waals surface area contributed by atoms with E-state index in [1.54, 1.807) is 18.2 Å². The first-order valence-corrected chi connectivity index (χ1v) is 6.40. The van der Waals surface area contributed by atoms with Crippen molar-refractivity contribution >= 4 is 21.9 Å². The molecule has 7 heteroatoms. The Morgan fingerprint density at radius 3 is 2.65 bits per heavy atom. The molecule has 1 N–H and O–H groups in total. The number of hydrogen-bond donors (Lipinski definition) is 1. The maximum atomic E-state index is 12.0. The molecular formula is C13H11BrN2O4. The number of aromatic nitrogens is 2. The Morgan fingerprint density at radius 2 is 2.05 bits per heavy atom. The number of methoxy groups -OCH3 is 1. The summed E-state index contributed by atoms with van der Waals surface area (Å²) in [6, 6.07) is 7.11. The third-order valence-corrected chi connectivity index (χ3v) is 3.45. The van der Waals surface area contributed by atoms with Crippen molar-refractivity contribution in [1.82, 2.24) is 9.55 Å². The van der Waals surface area contributed by atoms with Gasteiger partial charge in [0.1, 0.15) is 5.82 Å². The van der Waals surface area contributed by atoms with E-state index in [4.69, 9.17) is 0 Å². The van der Waals surface area contributed by atoms with Gasteiger partial charge in [0.05, 0.1) is 7.11 Å². The van der Waals surface area contributed by atoms with E-state index in [1.165, 1.54) is 11.6 Å². The summed E-state index contributed by atoms with van der Waals surface area (Å²) in [5, 5.41) is 9.71. The number of carbonyl (C=O) groups excluding carboxylic acids is 1. The van der Waals surface area contributed by atoms with Gasteiger partial charge in [-0.05, 0) is 6.07 Å². The van der Waals surface area contributed by atoms with E-state index < -0.39 is 23.0 Å². The van der Waals surface area contributed by atoms with E-state index in [9.17, 15) is 14.7 Å². The molecule has 104 valence electrons. The summed E-state index contributed by atoms with van der Waals surface area (Å²) in [4.78, 5) is 27.6. The lowest BCUT2D eigenvalue weighted by Gasteiger charge is -2.11. The van der Waals surface area contributed by atoms with Crippen LogP contribution in [-0.2, 0) is 11.8 Å². The molecule has 0 aliphatic heterocycles. The van der Waals surface area contributed by atoms with Crippen molar-refractivity contribution in [3.05, 3.63) is 44.8 Å². The van der Waals surface area contributed by atoms with Crippen LogP contribution in [0.3, 0.4) is 0 Å². The Balaban J connectivity index is 2.78. The van der Waals surface area contributed by atoms with Gasteiger partial charge in [-0.1, -0.05) is 34.1 Å². The maximum Gasteiger partial charge on any atom is 0.360 e. The predicted octanol–water partition coefficient (Wildman–Crippen LogP) is 1.70. The molecule has 6 nitrogen and oxygen atoms in total. The number of hydrogen-bond acceptors (Lipinski definition) is 5. The van der Waals surface area contributed by atoms with Crippen LogP contribution >= 0.6 is 15.9 Å². The molecule has 0 amide bonds. The first-order valence-electron chi connectivity index (χ1n) is 5.60. The summed E-state index contributed by atoms with van der Waals surface area (Å²) in [7, 11) is 2.62. The zero-order valence-corrected chi connectivity index (χ0v) is 12.3. The fraction of sp³-hybridized carbons (Fsp3) is 0.154. The first-order chi connectivity index (χ1) is 9.47. The van der Waals surface area contributed by atoms with Crippen LogP contribution in [0.4, 0.5) is 0 Å². The average Bonchev–Trinajstić information content (AvgIpc) is 2.45. The zero-order valence-electron chi connectivity index (χ0n) is 10.8. The normalized spacial score (nSPS) is 10.3. The van der Waals surface area contributed by atoms with Crippen LogP contribution in [0.15, 0.2) is 33.5 Å². The van der Waals surface area contributed by atoms with Gasteiger partial charge in [-0.15, -0.1) is 0 Å². The monoisotopic (exact) mass is 338 g/mol. The van der Waals surface area contributed by atoms with Crippen LogP contribution in [0, 0.1) is 0 Å². The quantitative estimate of drug-likeness (QED) is 0.843. The van der Waals surface area contributed by atoms with Gasteiger partial charge in [0.25, 0.3) is 5.56 Å². The molecule has 0 atom stereocenters. The highest BCUT2D eigenvalue weighted by Crippen LogP contribution is 2.26. The number of aromatic hydroxyl groups is 1. The second-order valence-electron chi connectivity index (χ2n) is 3.97. The van der Waals surface area contributed by atoms with Crippen LogP contribution in [0.25, 0.3) is 11.4 Å². The number of halogens is 1. The van der Waals surface area contributed by atoms with Crippen LogP contribution in [-0.4, -0.2) is 27.7 Å². The maximum absolute atomic E-state index is 12.0. The van der Waals surface area contributed by atoms with Gasteiger partial charge < -0.3 is 9.84 Å². The predicted molar refractivity (Wildman–Crippen MR) is 75.6 cm³/mol. The average molecular weight is 339 g/mol.